The van der Waals surface area contributed by atoms with Crippen LogP contribution in [0.1, 0.15) is 75.0 Å². The smallest absolute Gasteiger partial charge is 0.150 e. The maximum absolute atomic E-state index is 12.5. The molecule has 0 unspecified atom stereocenters. The summed E-state index contributed by atoms with van der Waals surface area (Å²) in [6, 6.07) is 110. The van der Waals surface area contributed by atoms with E-state index in [0.717, 1.165) is 83.9 Å². The van der Waals surface area contributed by atoms with Crippen LogP contribution in [0.25, 0.3) is 66.8 Å². The first-order valence-electron chi connectivity index (χ1n) is 31.3. The number of fused-ring (bicyclic) bond motifs is 21. The fourth-order valence-corrected chi connectivity index (χ4v) is 16.7. The Morgan fingerprint density at radius 2 is 0.626 bits per heavy atom. The molecular weight excluding hydrogens is 1100 g/mol. The highest BCUT2D eigenvalue weighted by Crippen LogP contribution is 2.68. The molecule has 4 aliphatic carbocycles. The Balaban J connectivity index is 0.940. The molecule has 0 saturated carbocycles. The Hall–Kier alpha value is -11.8. The van der Waals surface area contributed by atoms with Crippen molar-refractivity contribution in [1.29, 1.82) is 10.5 Å². The minimum absolute atomic E-state index is 0.213. The van der Waals surface area contributed by atoms with E-state index in [0.29, 0.717) is 23.7 Å². The van der Waals surface area contributed by atoms with E-state index in [1.54, 1.807) is 0 Å². The van der Waals surface area contributed by atoms with Gasteiger partial charge < -0.3 is 14.5 Å². The van der Waals surface area contributed by atoms with Gasteiger partial charge >= 0.3 is 0 Å². The fraction of sp³-hybridized carbons (Fsp3) is 0.0698. The molecule has 5 aliphatic rings. The van der Waals surface area contributed by atoms with Gasteiger partial charge in [0, 0.05) is 33.5 Å². The first kappa shape index (κ1) is 52.4. The van der Waals surface area contributed by atoms with Gasteiger partial charge in [-0.2, -0.15) is 10.5 Å². The molecule has 0 aromatic heterocycles. The number of anilines is 6. The van der Waals surface area contributed by atoms with Gasteiger partial charge in [0.2, 0.25) is 0 Å². The molecule has 91 heavy (non-hydrogen) atoms. The summed E-state index contributed by atoms with van der Waals surface area (Å²) < 4.78 is 7.39. The van der Waals surface area contributed by atoms with Crippen molar-refractivity contribution in [1.82, 2.24) is 0 Å². The molecule has 0 atom stereocenters. The number of benzene rings is 13. The molecule has 2 spiro atoms. The molecule has 1 heterocycles. The van der Waals surface area contributed by atoms with Gasteiger partial charge in [-0.3, -0.25) is 0 Å². The second-order valence-corrected chi connectivity index (χ2v) is 25.2. The largest absolute Gasteiger partial charge is 0.490 e. The zero-order chi connectivity index (χ0) is 60.7. The van der Waals surface area contributed by atoms with Gasteiger partial charge in [0.25, 0.3) is 0 Å². The van der Waals surface area contributed by atoms with E-state index >= 15 is 0 Å². The van der Waals surface area contributed by atoms with Crippen molar-refractivity contribution >= 4 is 34.1 Å². The van der Waals surface area contributed by atoms with Crippen LogP contribution in [0.3, 0.4) is 0 Å². The molecule has 0 radical (unpaired) electrons. The molecule has 13 aromatic rings. The Morgan fingerprint density at radius 3 is 1.01 bits per heavy atom. The van der Waals surface area contributed by atoms with Gasteiger partial charge in [0.15, 0.2) is 5.75 Å². The molecule has 18 rings (SSSR count). The lowest BCUT2D eigenvalue weighted by Crippen LogP contribution is -2.26. The highest BCUT2D eigenvalue weighted by atomic mass is 16.5. The Morgan fingerprint density at radius 1 is 0.319 bits per heavy atom. The van der Waals surface area contributed by atoms with Gasteiger partial charge in [-0.05, 0) is 137 Å². The standard InChI is InChI=1S/C86H56N4O/c1-84(2)53-91-83-80(84)81(89(58-47-43-56(44-48-58)54-23-5-3-6-24-54)76-41-21-39-74-78(76)64-31-13-19-37-72(64)85(74)68-33-15-9-27-60(68)61-28-10-16-34-69(61)85)66(51-87)67(52-88)82(83)90(59-49-45-57(46-50-59)55-25-7-4-8-26-55)77-42-22-40-75-79(77)65-32-14-20-38-73(65)86(75)70-35-17-11-29-62(70)63-30-12-18-36-71(63)86/h3-50H,53H2,1-2H3. The topological polar surface area (TPSA) is 63.3 Å². The van der Waals surface area contributed by atoms with E-state index in [2.05, 4.69) is 315 Å². The highest BCUT2D eigenvalue weighted by molar-refractivity contribution is 6.06. The van der Waals surface area contributed by atoms with Crippen LogP contribution in [0.5, 0.6) is 5.75 Å². The van der Waals surface area contributed by atoms with Crippen LogP contribution in [-0.2, 0) is 16.2 Å². The van der Waals surface area contributed by atoms with Crippen molar-refractivity contribution in [2.45, 2.75) is 30.1 Å². The third-order valence-corrected chi connectivity index (χ3v) is 20.3. The lowest BCUT2D eigenvalue weighted by molar-refractivity contribution is 0.291. The van der Waals surface area contributed by atoms with E-state index in [4.69, 9.17) is 4.74 Å². The number of hydrogen-bond acceptors (Lipinski definition) is 5. The Bertz CT molecular complexity index is 5210. The third kappa shape index (κ3) is 7.04. The zero-order valence-electron chi connectivity index (χ0n) is 50.1. The lowest BCUT2D eigenvalue weighted by Gasteiger charge is -2.36. The molecular formula is C86H56N4O. The molecule has 0 fully saturated rings. The number of hydrogen-bond donors (Lipinski definition) is 0. The average Bonchev–Trinajstić information content (AvgIpc) is 1.52. The summed E-state index contributed by atoms with van der Waals surface area (Å²) in [5.41, 5.74) is 27.0. The van der Waals surface area contributed by atoms with E-state index in [-0.39, 0.29) is 11.1 Å². The third-order valence-electron chi connectivity index (χ3n) is 20.3. The molecule has 5 nitrogen and oxygen atoms in total. The monoisotopic (exact) mass is 1160 g/mol. The van der Waals surface area contributed by atoms with Gasteiger partial charge in [0.1, 0.15) is 17.8 Å². The predicted octanol–water partition coefficient (Wildman–Crippen LogP) is 21.1. The summed E-state index contributed by atoms with van der Waals surface area (Å²) in [7, 11) is 0. The first-order chi connectivity index (χ1) is 44.9. The maximum Gasteiger partial charge on any atom is 0.150 e. The van der Waals surface area contributed by atoms with Crippen LogP contribution >= 0.6 is 0 Å². The van der Waals surface area contributed by atoms with Crippen LogP contribution < -0.4 is 14.5 Å². The second kappa shape index (κ2) is 19.6. The van der Waals surface area contributed by atoms with E-state index in [9.17, 15) is 10.5 Å². The van der Waals surface area contributed by atoms with Crippen molar-refractivity contribution < 1.29 is 4.74 Å². The van der Waals surface area contributed by atoms with Gasteiger partial charge in [-0.25, -0.2) is 0 Å². The maximum atomic E-state index is 12.5. The molecule has 0 N–H and O–H groups in total. The van der Waals surface area contributed by atoms with Crippen molar-refractivity contribution in [3.8, 4) is 84.6 Å². The summed E-state index contributed by atoms with van der Waals surface area (Å²) in [6.07, 6.45) is 0. The predicted molar refractivity (Wildman–Crippen MR) is 367 cm³/mol. The summed E-state index contributed by atoms with van der Waals surface area (Å²) in [4.78, 5) is 4.54. The number of rotatable bonds is 8. The molecule has 426 valence electrons. The molecule has 0 amide bonds. The van der Waals surface area contributed by atoms with Crippen LogP contribution in [-0.4, -0.2) is 6.61 Å². The van der Waals surface area contributed by atoms with Crippen LogP contribution in [0.4, 0.5) is 34.1 Å². The summed E-state index contributed by atoms with van der Waals surface area (Å²) in [5, 5.41) is 25.0. The minimum atomic E-state index is -0.697. The number of nitriles is 2. The summed E-state index contributed by atoms with van der Waals surface area (Å²) in [5.74, 6) is 0.562. The quantitative estimate of drug-likeness (QED) is 0.152. The van der Waals surface area contributed by atoms with Crippen molar-refractivity contribution in [3.05, 3.63) is 352 Å². The van der Waals surface area contributed by atoms with Gasteiger partial charge in [0.05, 0.1) is 45.6 Å². The molecule has 1 aliphatic heterocycles. The zero-order valence-corrected chi connectivity index (χ0v) is 50.1. The van der Waals surface area contributed by atoms with Crippen molar-refractivity contribution in [3.63, 3.8) is 0 Å². The number of ether oxygens (including phenoxy) is 1. The van der Waals surface area contributed by atoms with Crippen molar-refractivity contribution in [2.24, 2.45) is 0 Å². The first-order valence-corrected chi connectivity index (χ1v) is 31.3. The van der Waals surface area contributed by atoms with Gasteiger partial charge in [-0.1, -0.05) is 269 Å². The lowest BCUT2D eigenvalue weighted by atomic mass is 9.70. The minimum Gasteiger partial charge on any atom is -0.490 e. The Labute approximate surface area is 529 Å². The SMILES string of the molecule is CC1(C)COc2c(N(c3ccc(-c4ccccc4)cc3)c3cccc4c3-c3ccccc3C43c4ccccc4-c4ccccc43)c(C#N)c(C#N)c(N(c3ccc(-c4ccccc4)cc3)c3cccc4c3-c3ccccc3C43c4ccccc4-c4ccccc43)c21. The number of nitrogens with zero attached hydrogens (tertiary/aromatic N) is 4. The fourth-order valence-electron chi connectivity index (χ4n) is 16.7. The van der Waals surface area contributed by atoms with Crippen molar-refractivity contribution in [2.75, 3.05) is 16.4 Å². The van der Waals surface area contributed by atoms with Crippen LogP contribution in [0.15, 0.2) is 291 Å². The molecule has 0 saturated heterocycles. The van der Waals surface area contributed by atoms with E-state index < -0.39 is 16.2 Å². The van der Waals surface area contributed by atoms with Crippen LogP contribution in [0, 0.1) is 22.7 Å². The highest BCUT2D eigenvalue weighted by Gasteiger charge is 2.55. The van der Waals surface area contributed by atoms with Gasteiger partial charge in [-0.15, -0.1) is 0 Å². The van der Waals surface area contributed by atoms with E-state index in [1.165, 1.54) is 55.6 Å². The van der Waals surface area contributed by atoms with E-state index in [1.807, 2.05) is 12.1 Å². The second-order valence-electron chi connectivity index (χ2n) is 25.2. The molecule has 5 heteroatoms. The molecule has 13 aromatic carbocycles. The summed E-state index contributed by atoms with van der Waals surface area (Å²) in [6.45, 7) is 4.73. The molecule has 0 bridgehead atoms. The Kier molecular flexibility index (Phi) is 11.3. The normalized spacial score (nSPS) is 14.3. The summed E-state index contributed by atoms with van der Waals surface area (Å²) >= 11 is 0. The average molecular weight is 1160 g/mol. The van der Waals surface area contributed by atoms with Crippen LogP contribution in [0.2, 0.25) is 0 Å².